The van der Waals surface area contributed by atoms with Crippen LogP contribution in [0.25, 0.3) is 11.1 Å². The summed E-state index contributed by atoms with van der Waals surface area (Å²) < 4.78 is 16.0. The molecule has 0 bridgehead atoms. The van der Waals surface area contributed by atoms with Gasteiger partial charge >= 0.3 is 6.09 Å². The van der Waals surface area contributed by atoms with Gasteiger partial charge in [0.05, 0.1) is 7.11 Å². The largest absolute Gasteiger partial charge is 0.484 e. The van der Waals surface area contributed by atoms with E-state index in [-0.39, 0.29) is 6.61 Å². The van der Waals surface area contributed by atoms with Crippen molar-refractivity contribution >= 4 is 22.9 Å². The SMILES string of the molecule is COC(=O)Nc1ccc(OCc2nc3cc(C)ccc3o2)cc1C. The first-order valence-corrected chi connectivity index (χ1v) is 7.49. The molecule has 3 aromatic rings. The number of anilines is 1. The smallest absolute Gasteiger partial charge is 0.411 e. The summed E-state index contributed by atoms with van der Waals surface area (Å²) >= 11 is 0. The van der Waals surface area contributed by atoms with Crippen LogP contribution >= 0.6 is 0 Å². The first-order chi connectivity index (χ1) is 11.5. The van der Waals surface area contributed by atoms with Crippen LogP contribution in [0, 0.1) is 13.8 Å². The van der Waals surface area contributed by atoms with Crippen molar-refractivity contribution in [2.24, 2.45) is 0 Å². The van der Waals surface area contributed by atoms with Gasteiger partial charge < -0.3 is 13.9 Å². The molecular formula is C18H18N2O4. The predicted octanol–water partition coefficient (Wildman–Crippen LogP) is 4.20. The summed E-state index contributed by atoms with van der Waals surface area (Å²) in [5, 5.41) is 2.64. The van der Waals surface area contributed by atoms with Crippen LogP contribution in [0.4, 0.5) is 10.5 Å². The van der Waals surface area contributed by atoms with Crippen LogP contribution in [-0.4, -0.2) is 18.2 Å². The van der Waals surface area contributed by atoms with Gasteiger partial charge in [0.15, 0.2) is 12.2 Å². The average Bonchev–Trinajstić information content (AvgIpc) is 2.97. The van der Waals surface area contributed by atoms with E-state index < -0.39 is 6.09 Å². The predicted molar refractivity (Wildman–Crippen MR) is 90.3 cm³/mol. The number of hydrogen-bond acceptors (Lipinski definition) is 5. The monoisotopic (exact) mass is 326 g/mol. The Hall–Kier alpha value is -3.02. The third-order valence-electron chi connectivity index (χ3n) is 3.57. The van der Waals surface area contributed by atoms with Gasteiger partial charge in [0, 0.05) is 5.69 Å². The summed E-state index contributed by atoms with van der Waals surface area (Å²) in [6.07, 6.45) is -0.506. The summed E-state index contributed by atoms with van der Waals surface area (Å²) in [7, 11) is 1.32. The van der Waals surface area contributed by atoms with Crippen molar-refractivity contribution < 1.29 is 18.7 Å². The quantitative estimate of drug-likeness (QED) is 0.777. The van der Waals surface area contributed by atoms with Gasteiger partial charge in [0.1, 0.15) is 11.3 Å². The molecule has 0 aliphatic rings. The van der Waals surface area contributed by atoms with Crippen LogP contribution in [0.2, 0.25) is 0 Å². The lowest BCUT2D eigenvalue weighted by Gasteiger charge is -2.09. The maximum atomic E-state index is 11.3. The molecule has 0 unspecified atom stereocenters. The van der Waals surface area contributed by atoms with E-state index in [9.17, 15) is 4.79 Å². The Bertz CT molecular complexity index is 886. The highest BCUT2D eigenvalue weighted by Gasteiger charge is 2.08. The Morgan fingerprint density at radius 3 is 2.79 bits per heavy atom. The van der Waals surface area contributed by atoms with E-state index in [2.05, 4.69) is 15.0 Å². The summed E-state index contributed by atoms with van der Waals surface area (Å²) in [5.41, 5.74) is 4.24. The number of nitrogens with one attached hydrogen (secondary N) is 1. The lowest BCUT2D eigenvalue weighted by molar-refractivity contribution is 0.187. The second-order valence-corrected chi connectivity index (χ2v) is 5.46. The molecular weight excluding hydrogens is 308 g/mol. The molecule has 0 radical (unpaired) electrons. The molecule has 124 valence electrons. The Morgan fingerprint density at radius 2 is 2.04 bits per heavy atom. The van der Waals surface area contributed by atoms with Crippen molar-refractivity contribution in [2.75, 3.05) is 12.4 Å². The molecule has 3 rings (SSSR count). The standard InChI is InChI=1S/C18H18N2O4/c1-11-4-7-16-15(8-11)19-17(24-16)10-23-13-5-6-14(12(2)9-13)20-18(21)22-3/h4-9H,10H2,1-3H3,(H,20,21). The van der Waals surface area contributed by atoms with Gasteiger partial charge in [-0.05, 0) is 55.3 Å². The first-order valence-electron chi connectivity index (χ1n) is 7.49. The molecule has 0 aliphatic heterocycles. The normalized spacial score (nSPS) is 10.6. The Morgan fingerprint density at radius 1 is 1.21 bits per heavy atom. The fourth-order valence-electron chi connectivity index (χ4n) is 2.32. The maximum Gasteiger partial charge on any atom is 0.411 e. The van der Waals surface area contributed by atoms with E-state index in [0.717, 1.165) is 22.2 Å². The summed E-state index contributed by atoms with van der Waals surface area (Å²) in [6.45, 7) is 4.12. The van der Waals surface area contributed by atoms with Crippen LogP contribution in [0.15, 0.2) is 40.8 Å². The van der Waals surface area contributed by atoms with Gasteiger partial charge in [-0.25, -0.2) is 9.78 Å². The molecule has 0 aliphatic carbocycles. The van der Waals surface area contributed by atoms with Crippen molar-refractivity contribution in [3.05, 3.63) is 53.4 Å². The number of fused-ring (bicyclic) bond motifs is 1. The van der Waals surface area contributed by atoms with Crippen molar-refractivity contribution in [3.8, 4) is 5.75 Å². The Balaban J connectivity index is 1.69. The number of aromatic nitrogens is 1. The van der Waals surface area contributed by atoms with Gasteiger partial charge in [-0.1, -0.05) is 6.07 Å². The second kappa shape index (κ2) is 6.62. The Labute approximate surface area is 139 Å². The number of methoxy groups -OCH3 is 1. The molecule has 6 nitrogen and oxygen atoms in total. The van der Waals surface area contributed by atoms with Gasteiger partial charge in [0.25, 0.3) is 0 Å². The Kier molecular flexibility index (Phi) is 4.37. The molecule has 6 heteroatoms. The number of carbonyl (C=O) groups excluding carboxylic acids is 1. The van der Waals surface area contributed by atoms with E-state index in [1.165, 1.54) is 7.11 Å². The number of nitrogens with zero attached hydrogens (tertiary/aromatic N) is 1. The molecule has 1 aromatic heterocycles. The minimum absolute atomic E-state index is 0.233. The van der Waals surface area contributed by atoms with Gasteiger partial charge in [-0.15, -0.1) is 0 Å². The third kappa shape index (κ3) is 3.48. The van der Waals surface area contributed by atoms with Crippen molar-refractivity contribution in [1.82, 2.24) is 4.98 Å². The molecule has 1 amide bonds. The lowest BCUT2D eigenvalue weighted by Crippen LogP contribution is -2.11. The van der Waals surface area contributed by atoms with E-state index >= 15 is 0 Å². The highest BCUT2D eigenvalue weighted by atomic mass is 16.5. The third-order valence-corrected chi connectivity index (χ3v) is 3.57. The number of hydrogen-bond donors (Lipinski definition) is 1. The van der Waals surface area contributed by atoms with Gasteiger partial charge in [0.2, 0.25) is 5.89 Å². The minimum atomic E-state index is -0.506. The molecule has 2 aromatic carbocycles. The molecule has 0 atom stereocenters. The van der Waals surface area contributed by atoms with Gasteiger partial charge in [-0.3, -0.25) is 5.32 Å². The highest BCUT2D eigenvalue weighted by Crippen LogP contribution is 2.23. The number of rotatable bonds is 4. The van der Waals surface area contributed by atoms with Crippen LogP contribution in [0.1, 0.15) is 17.0 Å². The first kappa shape index (κ1) is 15.9. The zero-order valence-corrected chi connectivity index (χ0v) is 13.8. The minimum Gasteiger partial charge on any atom is -0.484 e. The maximum absolute atomic E-state index is 11.3. The van der Waals surface area contributed by atoms with Crippen molar-refractivity contribution in [3.63, 3.8) is 0 Å². The lowest BCUT2D eigenvalue weighted by atomic mass is 10.2. The molecule has 1 heterocycles. The van der Waals surface area contributed by atoms with Gasteiger partial charge in [-0.2, -0.15) is 0 Å². The molecule has 0 spiro atoms. The fourth-order valence-corrected chi connectivity index (χ4v) is 2.32. The highest BCUT2D eigenvalue weighted by molar-refractivity contribution is 5.85. The van der Waals surface area contributed by atoms with E-state index in [0.29, 0.717) is 17.3 Å². The van der Waals surface area contributed by atoms with Crippen LogP contribution < -0.4 is 10.1 Å². The molecule has 0 fully saturated rings. The average molecular weight is 326 g/mol. The van der Waals surface area contributed by atoms with Crippen LogP contribution in [-0.2, 0) is 11.3 Å². The summed E-state index contributed by atoms with van der Waals surface area (Å²) in [5.74, 6) is 1.19. The zero-order valence-electron chi connectivity index (χ0n) is 13.8. The number of amides is 1. The second-order valence-electron chi connectivity index (χ2n) is 5.46. The summed E-state index contributed by atoms with van der Waals surface area (Å²) in [4.78, 5) is 15.7. The number of ether oxygens (including phenoxy) is 2. The number of carbonyl (C=O) groups is 1. The van der Waals surface area contributed by atoms with Crippen molar-refractivity contribution in [2.45, 2.75) is 20.5 Å². The molecule has 1 N–H and O–H groups in total. The fraction of sp³-hybridized carbons (Fsp3) is 0.222. The van der Waals surface area contributed by atoms with E-state index in [4.69, 9.17) is 9.15 Å². The molecule has 0 saturated carbocycles. The number of oxazole rings is 1. The van der Waals surface area contributed by atoms with Crippen molar-refractivity contribution in [1.29, 1.82) is 0 Å². The van der Waals surface area contributed by atoms with Crippen LogP contribution in [0.3, 0.4) is 0 Å². The van der Waals surface area contributed by atoms with E-state index in [1.807, 2.05) is 38.1 Å². The zero-order chi connectivity index (χ0) is 17.1. The van der Waals surface area contributed by atoms with Crippen LogP contribution in [0.5, 0.6) is 5.75 Å². The van der Waals surface area contributed by atoms with E-state index in [1.54, 1.807) is 12.1 Å². The molecule has 24 heavy (non-hydrogen) atoms. The number of aryl methyl sites for hydroxylation is 2. The molecule has 0 saturated heterocycles. The topological polar surface area (TPSA) is 73.6 Å². The summed E-state index contributed by atoms with van der Waals surface area (Å²) in [6, 6.07) is 11.2. The number of benzene rings is 2.